The van der Waals surface area contributed by atoms with E-state index in [0.29, 0.717) is 23.4 Å². The van der Waals surface area contributed by atoms with Crippen LogP contribution in [0.15, 0.2) is 149 Å². The van der Waals surface area contributed by atoms with Crippen molar-refractivity contribution < 1.29 is 8.83 Å². The summed E-state index contributed by atoms with van der Waals surface area (Å²) in [5, 5.41) is 6.00. The molecule has 0 aliphatic rings. The maximum atomic E-state index is 6.44. The highest BCUT2D eigenvalue weighted by Gasteiger charge is 2.21. The first kappa shape index (κ1) is 26.5. The summed E-state index contributed by atoms with van der Waals surface area (Å²) in [6, 6.07) is 42.5. The summed E-state index contributed by atoms with van der Waals surface area (Å²) in [5.41, 5.74) is 6.64. The first-order valence-corrected chi connectivity index (χ1v) is 15.7. The minimum absolute atomic E-state index is 0.536. The summed E-state index contributed by atoms with van der Waals surface area (Å²) in [5.74, 6) is 2.29. The average Bonchev–Trinajstić information content (AvgIpc) is 3.77. The highest BCUT2D eigenvalue weighted by atomic mass is 16.3. The van der Waals surface area contributed by atoms with Gasteiger partial charge in [-0.15, -0.1) is 0 Å². The van der Waals surface area contributed by atoms with Crippen LogP contribution in [0.4, 0.5) is 0 Å². The molecular formula is C41H23N5O2. The largest absolute Gasteiger partial charge is 0.456 e. The van der Waals surface area contributed by atoms with E-state index in [1.807, 2.05) is 91.0 Å². The van der Waals surface area contributed by atoms with Gasteiger partial charge in [0.05, 0.1) is 5.56 Å². The molecule has 7 nitrogen and oxygen atoms in total. The van der Waals surface area contributed by atoms with Crippen molar-refractivity contribution in [3.8, 4) is 45.6 Å². The van der Waals surface area contributed by atoms with Gasteiger partial charge in [-0.3, -0.25) is 4.98 Å². The molecule has 0 saturated heterocycles. The molecule has 0 spiro atoms. The maximum Gasteiger partial charge on any atom is 0.228 e. The van der Waals surface area contributed by atoms with Crippen LogP contribution in [0.3, 0.4) is 0 Å². The van der Waals surface area contributed by atoms with E-state index >= 15 is 0 Å². The van der Waals surface area contributed by atoms with Crippen LogP contribution in [0.5, 0.6) is 0 Å². The zero-order valence-electron chi connectivity index (χ0n) is 25.3. The van der Waals surface area contributed by atoms with Crippen LogP contribution in [0.2, 0.25) is 0 Å². The van der Waals surface area contributed by atoms with Crippen LogP contribution in [-0.4, -0.2) is 24.9 Å². The standard InChI is InChI=1S/C41H23N5O2/c1-2-10-24(11-3-1)38-44-39(30-16-8-18-34-36(30)29-15-6-7-17-33(29)47-34)46-40(45-38)31-22-25-19-20-32-37(35(25)28-14-5-4-13-27(28)31)48-41(43-32)26-12-9-21-42-23-26/h1-23H. The highest BCUT2D eigenvalue weighted by Crippen LogP contribution is 2.40. The summed E-state index contributed by atoms with van der Waals surface area (Å²) in [6.07, 6.45) is 3.50. The number of benzene rings is 6. The van der Waals surface area contributed by atoms with Gasteiger partial charge in [0.2, 0.25) is 5.89 Å². The van der Waals surface area contributed by atoms with E-state index in [9.17, 15) is 0 Å². The summed E-state index contributed by atoms with van der Waals surface area (Å²) in [4.78, 5) is 24.4. The molecule has 4 heterocycles. The minimum atomic E-state index is 0.536. The molecule has 0 amide bonds. The molecule has 4 aromatic heterocycles. The van der Waals surface area contributed by atoms with Crippen molar-refractivity contribution in [2.75, 3.05) is 0 Å². The van der Waals surface area contributed by atoms with Crippen LogP contribution in [0.25, 0.3) is 100 Å². The highest BCUT2D eigenvalue weighted by molar-refractivity contribution is 6.21. The van der Waals surface area contributed by atoms with Crippen LogP contribution < -0.4 is 0 Å². The van der Waals surface area contributed by atoms with Gasteiger partial charge in [0.15, 0.2) is 23.1 Å². The molecule has 48 heavy (non-hydrogen) atoms. The van der Waals surface area contributed by atoms with Gasteiger partial charge in [0.1, 0.15) is 16.7 Å². The summed E-state index contributed by atoms with van der Waals surface area (Å²) >= 11 is 0. The Morgan fingerprint density at radius 2 is 1.19 bits per heavy atom. The molecule has 0 radical (unpaired) electrons. The molecule has 0 bridgehead atoms. The normalized spacial score (nSPS) is 11.8. The van der Waals surface area contributed by atoms with Gasteiger partial charge in [0.25, 0.3) is 0 Å². The Bertz CT molecular complexity index is 2840. The number of oxazole rings is 1. The van der Waals surface area contributed by atoms with Crippen molar-refractivity contribution in [3.63, 3.8) is 0 Å². The van der Waals surface area contributed by atoms with Crippen molar-refractivity contribution in [1.29, 1.82) is 0 Å². The number of hydrogen-bond acceptors (Lipinski definition) is 7. The number of aromatic nitrogens is 5. The van der Waals surface area contributed by atoms with E-state index in [-0.39, 0.29) is 0 Å². The SMILES string of the molecule is c1ccc(-c2nc(-c3cc4ccc5nc(-c6cccnc6)oc5c4c4ccccc34)nc(-c3cccc4oc5ccccc5c34)n2)cc1. The molecular weight excluding hydrogens is 594 g/mol. The van der Waals surface area contributed by atoms with Gasteiger partial charge >= 0.3 is 0 Å². The van der Waals surface area contributed by atoms with Crippen molar-refractivity contribution in [1.82, 2.24) is 24.9 Å². The molecule has 10 aromatic rings. The fraction of sp³-hybridized carbons (Fsp3) is 0. The van der Waals surface area contributed by atoms with Crippen LogP contribution >= 0.6 is 0 Å². The first-order valence-electron chi connectivity index (χ1n) is 15.7. The minimum Gasteiger partial charge on any atom is -0.456 e. The molecule has 0 fully saturated rings. The van der Waals surface area contributed by atoms with Crippen molar-refractivity contribution in [3.05, 3.63) is 140 Å². The quantitative estimate of drug-likeness (QED) is 0.181. The molecule has 6 aromatic carbocycles. The van der Waals surface area contributed by atoms with E-state index in [0.717, 1.165) is 76.8 Å². The second-order valence-electron chi connectivity index (χ2n) is 11.7. The lowest BCUT2D eigenvalue weighted by Gasteiger charge is -2.13. The molecule has 0 atom stereocenters. The Kier molecular flexibility index (Phi) is 5.74. The number of hydrogen-bond donors (Lipinski definition) is 0. The van der Waals surface area contributed by atoms with Crippen molar-refractivity contribution >= 4 is 54.6 Å². The second-order valence-corrected chi connectivity index (χ2v) is 11.7. The van der Waals surface area contributed by atoms with Crippen LogP contribution in [0, 0.1) is 0 Å². The molecule has 224 valence electrons. The lowest BCUT2D eigenvalue weighted by molar-refractivity contribution is 0.623. The zero-order valence-corrected chi connectivity index (χ0v) is 25.3. The predicted octanol–water partition coefficient (Wildman–Crippen LogP) is 10.3. The lowest BCUT2D eigenvalue weighted by Crippen LogP contribution is -2.01. The third-order valence-electron chi connectivity index (χ3n) is 8.84. The molecule has 0 aliphatic heterocycles. The number of nitrogens with zero attached hydrogens (tertiary/aromatic N) is 5. The number of fused-ring (bicyclic) bond motifs is 8. The number of para-hydroxylation sites is 1. The van der Waals surface area contributed by atoms with E-state index < -0.39 is 0 Å². The topological polar surface area (TPSA) is 90.7 Å². The number of rotatable bonds is 4. The summed E-state index contributed by atoms with van der Waals surface area (Å²) in [7, 11) is 0. The fourth-order valence-electron chi connectivity index (χ4n) is 6.67. The Morgan fingerprint density at radius 3 is 2.04 bits per heavy atom. The second kappa shape index (κ2) is 10.4. The van der Waals surface area contributed by atoms with Crippen LogP contribution in [0.1, 0.15) is 0 Å². The lowest BCUT2D eigenvalue weighted by atomic mass is 9.96. The van der Waals surface area contributed by atoms with Gasteiger partial charge in [0, 0.05) is 45.2 Å². The Labute approximate surface area is 273 Å². The molecule has 7 heteroatoms. The molecule has 0 aliphatic carbocycles. The van der Waals surface area contributed by atoms with Gasteiger partial charge in [-0.1, -0.05) is 91.0 Å². The number of furan rings is 1. The van der Waals surface area contributed by atoms with Gasteiger partial charge in [-0.2, -0.15) is 0 Å². The third kappa shape index (κ3) is 4.11. The van der Waals surface area contributed by atoms with Crippen molar-refractivity contribution in [2.24, 2.45) is 0 Å². The van der Waals surface area contributed by atoms with E-state index in [1.165, 1.54) is 0 Å². The van der Waals surface area contributed by atoms with Gasteiger partial charge in [-0.25, -0.2) is 19.9 Å². The number of pyridine rings is 1. The smallest absolute Gasteiger partial charge is 0.228 e. The van der Waals surface area contributed by atoms with E-state index in [4.69, 9.17) is 28.8 Å². The van der Waals surface area contributed by atoms with Crippen molar-refractivity contribution in [2.45, 2.75) is 0 Å². The predicted molar refractivity (Wildman–Crippen MR) is 189 cm³/mol. The Balaban J connectivity index is 1.25. The van der Waals surface area contributed by atoms with Crippen LogP contribution in [-0.2, 0) is 0 Å². The first-order chi connectivity index (χ1) is 23.8. The van der Waals surface area contributed by atoms with E-state index in [2.05, 4.69) is 41.4 Å². The monoisotopic (exact) mass is 617 g/mol. The zero-order chi connectivity index (χ0) is 31.6. The van der Waals surface area contributed by atoms with Gasteiger partial charge in [-0.05, 0) is 52.6 Å². The third-order valence-corrected chi connectivity index (χ3v) is 8.84. The fourth-order valence-corrected chi connectivity index (χ4v) is 6.67. The molecule has 0 unspecified atom stereocenters. The summed E-state index contributed by atoms with van der Waals surface area (Å²) in [6.45, 7) is 0. The molecule has 10 rings (SSSR count). The Hall–Kier alpha value is -6.73. The van der Waals surface area contributed by atoms with E-state index in [1.54, 1.807) is 12.4 Å². The molecule has 0 saturated carbocycles. The molecule has 0 N–H and O–H groups in total. The summed E-state index contributed by atoms with van der Waals surface area (Å²) < 4.78 is 12.7. The average molecular weight is 618 g/mol. The maximum absolute atomic E-state index is 6.44. The Morgan fingerprint density at radius 1 is 0.458 bits per heavy atom. The van der Waals surface area contributed by atoms with Gasteiger partial charge < -0.3 is 8.83 Å².